The normalized spacial score (nSPS) is 11.0. The van der Waals surface area contributed by atoms with E-state index in [4.69, 9.17) is 0 Å². The van der Waals surface area contributed by atoms with E-state index in [2.05, 4.69) is 51.4 Å². The molecule has 0 unspecified atom stereocenters. The van der Waals surface area contributed by atoms with Gasteiger partial charge in [-0.3, -0.25) is 4.98 Å². The number of nitrogens with zero attached hydrogens (tertiary/aromatic N) is 1. The summed E-state index contributed by atoms with van der Waals surface area (Å²) in [5.74, 6) is 0. The molecule has 3 aromatic rings. The first-order valence-electron chi connectivity index (χ1n) is 6.12. The molecule has 0 fully saturated rings. The van der Waals surface area contributed by atoms with E-state index in [0.29, 0.717) is 0 Å². The first kappa shape index (κ1) is 12.5. The van der Waals surface area contributed by atoms with Crippen molar-refractivity contribution in [3.63, 3.8) is 0 Å². The highest BCUT2D eigenvalue weighted by Gasteiger charge is 2.15. The summed E-state index contributed by atoms with van der Waals surface area (Å²) in [5.41, 5.74) is 1.21. The minimum absolute atomic E-state index is 0.278. The summed E-state index contributed by atoms with van der Waals surface area (Å²) in [5, 5.41) is 7.88. The second kappa shape index (κ2) is 6.10. The van der Waals surface area contributed by atoms with E-state index in [1.807, 2.05) is 12.3 Å². The molecule has 0 saturated carbocycles. The summed E-state index contributed by atoms with van der Waals surface area (Å²) < 4.78 is 0. The number of rotatable bonds is 5. The smallest absolute Gasteiger partial charge is 0.0767 e. The van der Waals surface area contributed by atoms with Gasteiger partial charge in [-0.05, 0) is 34.5 Å². The van der Waals surface area contributed by atoms with Gasteiger partial charge in [-0.2, -0.15) is 0 Å². The van der Waals surface area contributed by atoms with Crippen LogP contribution in [0.15, 0.2) is 59.6 Å². The Bertz CT molecular complexity index is 554. The van der Waals surface area contributed by atoms with Gasteiger partial charge in [0.25, 0.3) is 0 Å². The lowest BCUT2D eigenvalue weighted by atomic mass is 10.2. The van der Waals surface area contributed by atoms with Crippen molar-refractivity contribution < 1.29 is 0 Å². The minimum atomic E-state index is 0.278. The number of thiophene rings is 2. The summed E-state index contributed by atoms with van der Waals surface area (Å²) in [4.78, 5) is 6.86. The fraction of sp³-hybridized carbons (Fsp3) is 0.133. The molecule has 3 heterocycles. The molecule has 96 valence electrons. The molecular weight excluding hydrogens is 272 g/mol. The average molecular weight is 286 g/mol. The van der Waals surface area contributed by atoms with Crippen LogP contribution in [-0.2, 0) is 6.54 Å². The SMILES string of the molecule is c1cncc(CNC(c2cccs2)c2cccs2)c1. The van der Waals surface area contributed by atoms with Crippen LogP contribution in [0.25, 0.3) is 0 Å². The first-order chi connectivity index (χ1) is 9.43. The molecule has 4 heteroatoms. The number of aromatic nitrogens is 1. The third-order valence-electron chi connectivity index (χ3n) is 2.89. The third-order valence-corrected chi connectivity index (χ3v) is 4.76. The van der Waals surface area contributed by atoms with E-state index in [-0.39, 0.29) is 6.04 Å². The van der Waals surface area contributed by atoms with Crippen LogP contribution in [0.3, 0.4) is 0 Å². The molecule has 1 N–H and O–H groups in total. The van der Waals surface area contributed by atoms with E-state index >= 15 is 0 Å². The second-order valence-corrected chi connectivity index (χ2v) is 6.16. The standard InChI is InChI=1S/C15H14N2S2/c1-4-12(10-16-7-1)11-17-15(13-5-2-8-18-13)14-6-3-9-19-14/h1-10,15,17H,11H2. The lowest BCUT2D eigenvalue weighted by Crippen LogP contribution is -2.20. The number of hydrogen-bond donors (Lipinski definition) is 1. The predicted octanol–water partition coefficient (Wildman–Crippen LogP) is 4.08. The zero-order valence-corrected chi connectivity index (χ0v) is 12.0. The van der Waals surface area contributed by atoms with Gasteiger partial charge < -0.3 is 5.32 Å². The molecule has 0 aromatic carbocycles. The predicted molar refractivity (Wildman–Crippen MR) is 81.6 cm³/mol. The molecule has 0 spiro atoms. The second-order valence-electron chi connectivity index (χ2n) is 4.21. The Labute approximate surface area is 120 Å². The molecule has 0 radical (unpaired) electrons. The maximum atomic E-state index is 4.15. The Morgan fingerprint density at radius 1 is 1.00 bits per heavy atom. The van der Waals surface area contributed by atoms with Crippen LogP contribution < -0.4 is 5.32 Å². The van der Waals surface area contributed by atoms with E-state index in [9.17, 15) is 0 Å². The Hall–Kier alpha value is -1.49. The molecule has 3 aromatic heterocycles. The maximum Gasteiger partial charge on any atom is 0.0767 e. The van der Waals surface area contributed by atoms with Crippen molar-refractivity contribution in [2.45, 2.75) is 12.6 Å². The van der Waals surface area contributed by atoms with Gasteiger partial charge in [0.05, 0.1) is 6.04 Å². The molecule has 19 heavy (non-hydrogen) atoms. The largest absolute Gasteiger partial charge is 0.301 e. The van der Waals surface area contributed by atoms with Gasteiger partial charge in [0.1, 0.15) is 0 Å². The number of pyridine rings is 1. The van der Waals surface area contributed by atoms with E-state index in [0.717, 1.165) is 6.54 Å². The van der Waals surface area contributed by atoms with Gasteiger partial charge >= 0.3 is 0 Å². The molecular formula is C15H14N2S2. The molecule has 0 aliphatic rings. The summed E-state index contributed by atoms with van der Waals surface area (Å²) in [7, 11) is 0. The quantitative estimate of drug-likeness (QED) is 0.764. The van der Waals surface area contributed by atoms with Crippen molar-refractivity contribution in [2.24, 2.45) is 0 Å². The van der Waals surface area contributed by atoms with Crippen molar-refractivity contribution in [2.75, 3.05) is 0 Å². The van der Waals surface area contributed by atoms with Crippen LogP contribution in [0.4, 0.5) is 0 Å². The number of nitrogens with one attached hydrogen (secondary N) is 1. The van der Waals surface area contributed by atoms with Crippen molar-refractivity contribution in [1.29, 1.82) is 0 Å². The molecule has 0 aliphatic carbocycles. The topological polar surface area (TPSA) is 24.9 Å². The van der Waals surface area contributed by atoms with Crippen LogP contribution in [0, 0.1) is 0 Å². The molecule has 3 rings (SSSR count). The Kier molecular flexibility index (Phi) is 4.03. The fourth-order valence-corrected chi connectivity index (χ4v) is 3.69. The molecule has 0 atom stereocenters. The monoisotopic (exact) mass is 286 g/mol. The highest BCUT2D eigenvalue weighted by atomic mass is 32.1. The van der Waals surface area contributed by atoms with Crippen LogP contribution in [-0.4, -0.2) is 4.98 Å². The zero-order chi connectivity index (χ0) is 12.9. The van der Waals surface area contributed by atoms with Crippen molar-refractivity contribution in [3.05, 3.63) is 74.9 Å². The van der Waals surface area contributed by atoms with Crippen LogP contribution in [0.5, 0.6) is 0 Å². The van der Waals surface area contributed by atoms with Crippen molar-refractivity contribution >= 4 is 22.7 Å². The lowest BCUT2D eigenvalue weighted by molar-refractivity contribution is 0.620. The average Bonchev–Trinajstić information content (AvgIpc) is 3.13. The van der Waals surface area contributed by atoms with Crippen LogP contribution in [0.1, 0.15) is 21.4 Å². The van der Waals surface area contributed by atoms with Crippen LogP contribution in [0.2, 0.25) is 0 Å². The molecule has 0 saturated heterocycles. The van der Waals surface area contributed by atoms with Gasteiger partial charge in [0.2, 0.25) is 0 Å². The molecule has 2 nitrogen and oxygen atoms in total. The van der Waals surface area contributed by atoms with Gasteiger partial charge in [0.15, 0.2) is 0 Å². The highest BCUT2D eigenvalue weighted by Crippen LogP contribution is 2.29. The fourth-order valence-electron chi connectivity index (χ4n) is 1.98. The van der Waals surface area contributed by atoms with Crippen LogP contribution >= 0.6 is 22.7 Å². The van der Waals surface area contributed by atoms with Gasteiger partial charge in [-0.25, -0.2) is 0 Å². The zero-order valence-electron chi connectivity index (χ0n) is 10.3. The first-order valence-corrected chi connectivity index (χ1v) is 7.88. The van der Waals surface area contributed by atoms with Gasteiger partial charge in [-0.15, -0.1) is 22.7 Å². The minimum Gasteiger partial charge on any atom is -0.301 e. The van der Waals surface area contributed by atoms with E-state index < -0.39 is 0 Å². The van der Waals surface area contributed by atoms with E-state index in [1.54, 1.807) is 28.9 Å². The molecule has 0 aliphatic heterocycles. The highest BCUT2D eigenvalue weighted by molar-refractivity contribution is 7.11. The molecule has 0 bridgehead atoms. The Morgan fingerprint density at radius 3 is 2.26 bits per heavy atom. The van der Waals surface area contributed by atoms with Crippen molar-refractivity contribution in [1.82, 2.24) is 10.3 Å². The van der Waals surface area contributed by atoms with E-state index in [1.165, 1.54) is 15.3 Å². The van der Waals surface area contributed by atoms with Crippen molar-refractivity contribution in [3.8, 4) is 0 Å². The summed E-state index contributed by atoms with van der Waals surface area (Å²) in [6.07, 6.45) is 3.71. The Morgan fingerprint density at radius 2 is 1.74 bits per heavy atom. The summed E-state index contributed by atoms with van der Waals surface area (Å²) >= 11 is 3.59. The van der Waals surface area contributed by atoms with Gasteiger partial charge in [0, 0.05) is 28.7 Å². The third kappa shape index (κ3) is 3.10. The summed E-state index contributed by atoms with van der Waals surface area (Å²) in [6, 6.07) is 12.9. The Balaban J connectivity index is 1.77. The summed E-state index contributed by atoms with van der Waals surface area (Å²) in [6.45, 7) is 0.828. The number of hydrogen-bond acceptors (Lipinski definition) is 4. The maximum absolute atomic E-state index is 4.15. The van der Waals surface area contributed by atoms with Gasteiger partial charge in [-0.1, -0.05) is 18.2 Å². The molecule has 0 amide bonds. The lowest BCUT2D eigenvalue weighted by Gasteiger charge is -2.16.